The second-order valence-corrected chi connectivity index (χ2v) is 9.43. The van der Waals surface area contributed by atoms with E-state index < -0.39 is 0 Å². The van der Waals surface area contributed by atoms with Crippen LogP contribution in [-0.4, -0.2) is 68.0 Å². The second-order valence-electron chi connectivity index (χ2n) is 9.43. The molecule has 9 heteroatoms. The molecule has 1 aromatic carbocycles. The number of likely N-dealkylation sites (tertiary alicyclic amines) is 2. The average Bonchev–Trinajstić information content (AvgIpc) is 3.57. The van der Waals surface area contributed by atoms with Crippen LogP contribution in [0.5, 0.6) is 0 Å². The molecule has 2 aliphatic rings. The summed E-state index contributed by atoms with van der Waals surface area (Å²) < 4.78 is 0. The lowest BCUT2D eigenvalue weighted by Crippen LogP contribution is -2.36. The van der Waals surface area contributed by atoms with Crippen molar-refractivity contribution in [2.75, 3.05) is 31.5 Å². The zero-order chi connectivity index (χ0) is 24.5. The Balaban J connectivity index is 1.20. The van der Waals surface area contributed by atoms with E-state index in [0.29, 0.717) is 17.1 Å². The van der Waals surface area contributed by atoms with Crippen LogP contribution >= 0.6 is 0 Å². The maximum absolute atomic E-state index is 13.1. The minimum Gasteiger partial charge on any atom is -0.337 e. The molecule has 0 spiro atoms. The minimum atomic E-state index is -0.344. The molecule has 0 atom stereocenters. The lowest BCUT2D eigenvalue weighted by atomic mass is 10.0. The maximum Gasteiger partial charge on any atom is 0.276 e. The number of amides is 2. The molecule has 3 aromatic heterocycles. The van der Waals surface area contributed by atoms with Gasteiger partial charge in [-0.25, -0.2) is 4.98 Å². The van der Waals surface area contributed by atoms with Crippen molar-refractivity contribution in [1.29, 1.82) is 0 Å². The van der Waals surface area contributed by atoms with E-state index in [2.05, 4.69) is 36.4 Å². The highest BCUT2D eigenvalue weighted by Crippen LogP contribution is 2.27. The number of aromatic amines is 1. The van der Waals surface area contributed by atoms with Crippen molar-refractivity contribution in [1.82, 2.24) is 30.0 Å². The van der Waals surface area contributed by atoms with Gasteiger partial charge in [-0.15, -0.1) is 0 Å². The number of anilines is 1. The average molecular weight is 482 g/mol. The summed E-state index contributed by atoms with van der Waals surface area (Å²) in [5.74, 6) is -0.414. The van der Waals surface area contributed by atoms with Crippen molar-refractivity contribution in [3.63, 3.8) is 0 Å². The molecule has 2 amide bonds. The molecule has 2 fully saturated rings. The van der Waals surface area contributed by atoms with E-state index in [1.165, 1.54) is 18.2 Å². The number of carbonyl (C=O) groups excluding carboxylic acids is 2. The van der Waals surface area contributed by atoms with Crippen LogP contribution in [0.1, 0.15) is 45.8 Å². The van der Waals surface area contributed by atoms with E-state index in [1.54, 1.807) is 12.1 Å². The van der Waals surface area contributed by atoms with Gasteiger partial charge in [-0.05, 0) is 73.8 Å². The predicted molar refractivity (Wildman–Crippen MR) is 137 cm³/mol. The van der Waals surface area contributed by atoms with Crippen LogP contribution in [-0.2, 0) is 6.54 Å². The number of hydrogen-bond donors (Lipinski definition) is 2. The largest absolute Gasteiger partial charge is 0.337 e. The lowest BCUT2D eigenvalue weighted by molar-refractivity contribution is 0.0787. The Morgan fingerprint density at radius 2 is 1.78 bits per heavy atom. The van der Waals surface area contributed by atoms with Gasteiger partial charge in [-0.2, -0.15) is 5.10 Å². The SMILES string of the molecule is O=C(Nc1ccc(C(=O)N2CCCC2)nc1)c1n[nH]c2ccc(-c3cncc(CN4CCC4)c3)cc12. The van der Waals surface area contributed by atoms with Crippen molar-refractivity contribution in [3.05, 3.63) is 71.9 Å². The zero-order valence-corrected chi connectivity index (χ0v) is 19.9. The third-order valence-electron chi connectivity index (χ3n) is 6.89. The molecule has 6 rings (SSSR count). The molecule has 2 aliphatic heterocycles. The molecule has 36 heavy (non-hydrogen) atoms. The third-order valence-corrected chi connectivity index (χ3v) is 6.89. The van der Waals surface area contributed by atoms with E-state index in [-0.39, 0.29) is 11.8 Å². The van der Waals surface area contributed by atoms with Gasteiger partial charge in [0.05, 0.1) is 17.4 Å². The molecule has 5 heterocycles. The first-order valence-electron chi connectivity index (χ1n) is 12.4. The van der Waals surface area contributed by atoms with E-state index in [1.807, 2.05) is 35.5 Å². The standard InChI is InChI=1S/C27H27N7O2/c35-26(30-21-5-7-24(29-16-21)27(36)34-10-1-2-11-34)25-22-13-19(4-6-23(22)31-32-25)20-12-18(14-28-15-20)17-33-8-3-9-33/h4-7,12-16H,1-3,8-11,17H2,(H,30,35)(H,31,32). The number of carbonyl (C=O) groups is 2. The summed E-state index contributed by atoms with van der Waals surface area (Å²) in [5.41, 5.74) is 5.12. The fraction of sp³-hybridized carbons (Fsp3) is 0.296. The number of rotatable bonds is 6. The Kier molecular flexibility index (Phi) is 5.90. The highest BCUT2D eigenvalue weighted by Gasteiger charge is 2.21. The molecule has 0 saturated carbocycles. The van der Waals surface area contributed by atoms with Crippen molar-refractivity contribution in [3.8, 4) is 11.1 Å². The van der Waals surface area contributed by atoms with Crippen LogP contribution in [0.25, 0.3) is 22.0 Å². The maximum atomic E-state index is 13.1. The molecule has 9 nitrogen and oxygen atoms in total. The summed E-state index contributed by atoms with van der Waals surface area (Å²) in [4.78, 5) is 38.5. The smallest absolute Gasteiger partial charge is 0.276 e. The second kappa shape index (κ2) is 9.50. The summed E-state index contributed by atoms with van der Waals surface area (Å²) in [5, 5.41) is 10.8. The molecule has 2 N–H and O–H groups in total. The molecule has 182 valence electrons. The molecule has 4 aromatic rings. The van der Waals surface area contributed by atoms with Gasteiger partial charge in [0.2, 0.25) is 0 Å². The van der Waals surface area contributed by atoms with Crippen molar-refractivity contribution in [2.45, 2.75) is 25.8 Å². The summed E-state index contributed by atoms with van der Waals surface area (Å²) in [7, 11) is 0. The highest BCUT2D eigenvalue weighted by atomic mass is 16.2. The zero-order valence-electron chi connectivity index (χ0n) is 19.9. The molecular formula is C27H27N7O2. The quantitative estimate of drug-likeness (QED) is 0.435. The van der Waals surface area contributed by atoms with Crippen LogP contribution in [0.4, 0.5) is 5.69 Å². The monoisotopic (exact) mass is 481 g/mol. The van der Waals surface area contributed by atoms with Gasteiger partial charge in [0.25, 0.3) is 11.8 Å². The normalized spacial score (nSPS) is 15.7. The van der Waals surface area contributed by atoms with Crippen molar-refractivity contribution in [2.24, 2.45) is 0 Å². The minimum absolute atomic E-state index is 0.0698. The first-order chi connectivity index (χ1) is 17.6. The summed E-state index contributed by atoms with van der Waals surface area (Å²) in [6.07, 6.45) is 8.58. The highest BCUT2D eigenvalue weighted by molar-refractivity contribution is 6.11. The Bertz CT molecular complexity index is 1420. The van der Waals surface area contributed by atoms with Gasteiger partial charge in [-0.1, -0.05) is 6.07 Å². The van der Waals surface area contributed by atoms with Crippen LogP contribution < -0.4 is 5.32 Å². The fourth-order valence-electron chi connectivity index (χ4n) is 4.76. The molecule has 2 saturated heterocycles. The number of nitrogens with one attached hydrogen (secondary N) is 2. The van der Waals surface area contributed by atoms with E-state index in [9.17, 15) is 9.59 Å². The van der Waals surface area contributed by atoms with Gasteiger partial charge >= 0.3 is 0 Å². The van der Waals surface area contributed by atoms with Gasteiger partial charge in [0, 0.05) is 43.0 Å². The van der Waals surface area contributed by atoms with Crippen LogP contribution in [0.2, 0.25) is 0 Å². The Hall–Kier alpha value is -4.11. The van der Waals surface area contributed by atoms with Gasteiger partial charge in [0.15, 0.2) is 5.69 Å². The van der Waals surface area contributed by atoms with Crippen molar-refractivity contribution >= 4 is 28.4 Å². The van der Waals surface area contributed by atoms with Gasteiger partial charge in [-0.3, -0.25) is 24.6 Å². The topological polar surface area (TPSA) is 107 Å². The van der Waals surface area contributed by atoms with E-state index >= 15 is 0 Å². The number of H-pyrrole nitrogens is 1. The molecule has 0 bridgehead atoms. The van der Waals surface area contributed by atoms with Crippen LogP contribution in [0, 0.1) is 0 Å². The third kappa shape index (κ3) is 4.45. The number of nitrogens with zero attached hydrogens (tertiary/aromatic N) is 5. The van der Waals surface area contributed by atoms with Crippen molar-refractivity contribution < 1.29 is 9.59 Å². The number of aromatic nitrogens is 4. The summed E-state index contributed by atoms with van der Waals surface area (Å²) in [6.45, 7) is 4.71. The first-order valence-corrected chi connectivity index (χ1v) is 12.4. The Labute approximate surface area is 208 Å². The Morgan fingerprint density at radius 1 is 0.917 bits per heavy atom. The fourth-order valence-corrected chi connectivity index (χ4v) is 4.76. The van der Waals surface area contributed by atoms with Gasteiger partial charge in [0.1, 0.15) is 5.69 Å². The van der Waals surface area contributed by atoms with E-state index in [0.717, 1.165) is 67.6 Å². The number of pyridine rings is 2. The summed E-state index contributed by atoms with van der Waals surface area (Å²) in [6, 6.07) is 11.4. The number of hydrogen-bond acceptors (Lipinski definition) is 6. The molecular weight excluding hydrogens is 454 g/mol. The number of fused-ring (bicyclic) bond motifs is 1. The van der Waals surface area contributed by atoms with E-state index in [4.69, 9.17) is 0 Å². The molecule has 0 radical (unpaired) electrons. The van der Waals surface area contributed by atoms with Crippen LogP contribution in [0.3, 0.4) is 0 Å². The Morgan fingerprint density at radius 3 is 2.53 bits per heavy atom. The predicted octanol–water partition coefficient (Wildman–Crippen LogP) is 3.71. The van der Waals surface area contributed by atoms with Gasteiger partial charge < -0.3 is 10.2 Å². The molecule has 0 aliphatic carbocycles. The molecule has 0 unspecified atom stereocenters. The number of benzene rings is 1. The first kappa shape index (κ1) is 22.4. The summed E-state index contributed by atoms with van der Waals surface area (Å²) >= 11 is 0. The van der Waals surface area contributed by atoms with Crippen LogP contribution in [0.15, 0.2) is 55.0 Å². The lowest BCUT2D eigenvalue weighted by Gasteiger charge is -2.30.